The molecular weight excluding hydrogens is 462 g/mol. The highest BCUT2D eigenvalue weighted by Gasteiger charge is 2.27. The number of thiazole rings is 1. The number of amides is 1. The van der Waals surface area contributed by atoms with Crippen LogP contribution >= 0.6 is 11.3 Å². The van der Waals surface area contributed by atoms with E-state index in [0.29, 0.717) is 41.4 Å². The molecule has 2 aromatic carbocycles. The molecule has 1 aliphatic rings. The molecule has 180 valence electrons. The lowest BCUT2D eigenvalue weighted by molar-refractivity contribution is 0.0767. The molecule has 1 saturated heterocycles. The summed E-state index contributed by atoms with van der Waals surface area (Å²) >= 11 is 1.63. The summed E-state index contributed by atoms with van der Waals surface area (Å²) in [5.41, 5.74) is 2.68. The normalized spacial score (nSPS) is 14.0. The highest BCUT2D eigenvalue weighted by Crippen LogP contribution is 2.35. The zero-order chi connectivity index (χ0) is 24.2. The number of aromatic nitrogens is 3. The third kappa shape index (κ3) is 4.72. The minimum Gasteiger partial charge on any atom is -0.497 e. The van der Waals surface area contributed by atoms with Gasteiger partial charge >= 0.3 is 0 Å². The van der Waals surface area contributed by atoms with Crippen molar-refractivity contribution in [3.8, 4) is 28.4 Å². The lowest BCUT2D eigenvalue weighted by Gasteiger charge is -2.21. The van der Waals surface area contributed by atoms with Crippen LogP contribution in [-0.2, 0) is 0 Å². The van der Waals surface area contributed by atoms with Crippen molar-refractivity contribution >= 4 is 22.4 Å². The molecule has 0 radical (unpaired) electrons. The van der Waals surface area contributed by atoms with Crippen molar-refractivity contribution in [3.05, 3.63) is 71.9 Å². The van der Waals surface area contributed by atoms with E-state index in [4.69, 9.17) is 14.6 Å². The van der Waals surface area contributed by atoms with Crippen molar-refractivity contribution in [2.45, 2.75) is 6.42 Å². The van der Waals surface area contributed by atoms with Crippen LogP contribution in [0.25, 0.3) is 16.9 Å². The van der Waals surface area contributed by atoms with Crippen LogP contribution in [0, 0.1) is 0 Å². The molecule has 0 aliphatic carbocycles. The molecule has 5 rings (SSSR count). The molecule has 2 aromatic heterocycles. The third-order valence-electron chi connectivity index (χ3n) is 6.10. The maximum atomic E-state index is 13.9. The standard InChI is InChI=1S/C26H27N5O3S/c1-33-20-9-10-23(34-2)21(17-20)24-22(18-31(28-24)19-7-4-3-5-8-19)25(32)29-12-6-13-30(15-14-29)26-27-11-16-35-26/h3-5,7-11,16-18H,6,12-15H2,1-2H3. The summed E-state index contributed by atoms with van der Waals surface area (Å²) in [5, 5.41) is 7.82. The molecule has 8 nitrogen and oxygen atoms in total. The number of hydrogen-bond donors (Lipinski definition) is 0. The fourth-order valence-electron chi connectivity index (χ4n) is 4.30. The summed E-state index contributed by atoms with van der Waals surface area (Å²) in [7, 11) is 3.23. The summed E-state index contributed by atoms with van der Waals surface area (Å²) in [4.78, 5) is 22.5. The fourth-order valence-corrected chi connectivity index (χ4v) is 4.99. The summed E-state index contributed by atoms with van der Waals surface area (Å²) in [6.45, 7) is 2.90. The van der Waals surface area contributed by atoms with Gasteiger partial charge in [0.25, 0.3) is 5.91 Å². The smallest absolute Gasteiger partial charge is 0.257 e. The highest BCUT2D eigenvalue weighted by molar-refractivity contribution is 7.13. The first kappa shape index (κ1) is 22.9. The number of para-hydroxylation sites is 1. The van der Waals surface area contributed by atoms with Crippen LogP contribution in [0.5, 0.6) is 11.5 Å². The molecule has 35 heavy (non-hydrogen) atoms. The van der Waals surface area contributed by atoms with Crippen LogP contribution in [0.4, 0.5) is 5.13 Å². The van der Waals surface area contributed by atoms with Crippen molar-refractivity contribution in [1.82, 2.24) is 19.7 Å². The first-order chi connectivity index (χ1) is 17.2. The molecular formula is C26H27N5O3S. The van der Waals surface area contributed by atoms with Gasteiger partial charge in [-0.25, -0.2) is 9.67 Å². The van der Waals surface area contributed by atoms with Crippen LogP contribution in [0.15, 0.2) is 66.3 Å². The van der Waals surface area contributed by atoms with Gasteiger partial charge in [-0.05, 0) is 36.8 Å². The van der Waals surface area contributed by atoms with Crippen molar-refractivity contribution in [1.29, 1.82) is 0 Å². The largest absolute Gasteiger partial charge is 0.497 e. The first-order valence-electron chi connectivity index (χ1n) is 11.5. The Morgan fingerprint density at radius 2 is 1.86 bits per heavy atom. The number of anilines is 1. The second-order valence-electron chi connectivity index (χ2n) is 8.19. The first-order valence-corrected chi connectivity index (χ1v) is 12.4. The Bertz CT molecular complexity index is 1290. The van der Waals surface area contributed by atoms with E-state index in [-0.39, 0.29) is 5.91 Å². The summed E-state index contributed by atoms with van der Waals surface area (Å²) in [6.07, 6.45) is 4.50. The van der Waals surface area contributed by atoms with Crippen molar-refractivity contribution < 1.29 is 14.3 Å². The van der Waals surface area contributed by atoms with E-state index in [1.165, 1.54) is 0 Å². The van der Waals surface area contributed by atoms with Gasteiger partial charge < -0.3 is 19.3 Å². The Morgan fingerprint density at radius 1 is 1.00 bits per heavy atom. The van der Waals surface area contributed by atoms with Crippen molar-refractivity contribution in [2.75, 3.05) is 45.3 Å². The monoisotopic (exact) mass is 489 g/mol. The number of carbonyl (C=O) groups is 1. The number of rotatable bonds is 6. The maximum absolute atomic E-state index is 13.9. The number of hydrogen-bond acceptors (Lipinski definition) is 7. The average Bonchev–Trinajstić information content (AvgIpc) is 3.54. The molecule has 3 heterocycles. The second kappa shape index (κ2) is 10.2. The number of benzene rings is 2. The number of methoxy groups -OCH3 is 2. The van der Waals surface area contributed by atoms with Gasteiger partial charge in [-0.2, -0.15) is 5.10 Å². The predicted molar refractivity (Wildman–Crippen MR) is 137 cm³/mol. The Labute approximate surface area is 208 Å². The number of carbonyl (C=O) groups excluding carboxylic acids is 1. The SMILES string of the molecule is COc1ccc(OC)c(-c2nn(-c3ccccc3)cc2C(=O)N2CCCN(c3nccs3)CC2)c1. The molecule has 1 fully saturated rings. The molecule has 0 N–H and O–H groups in total. The molecule has 1 amide bonds. The summed E-state index contributed by atoms with van der Waals surface area (Å²) < 4.78 is 12.8. The van der Waals surface area contributed by atoms with Gasteiger partial charge in [0.05, 0.1) is 25.5 Å². The summed E-state index contributed by atoms with van der Waals surface area (Å²) in [6, 6.07) is 15.3. The predicted octanol–water partition coefficient (Wildman–Crippen LogP) is 4.37. The van der Waals surface area contributed by atoms with E-state index in [2.05, 4.69) is 9.88 Å². The van der Waals surface area contributed by atoms with E-state index in [9.17, 15) is 4.79 Å². The quantitative estimate of drug-likeness (QED) is 0.401. The minimum absolute atomic E-state index is 0.0481. The van der Waals surface area contributed by atoms with E-state index in [0.717, 1.165) is 30.3 Å². The van der Waals surface area contributed by atoms with Crippen molar-refractivity contribution in [2.24, 2.45) is 0 Å². The zero-order valence-corrected chi connectivity index (χ0v) is 20.6. The van der Waals surface area contributed by atoms with Crippen LogP contribution < -0.4 is 14.4 Å². The Morgan fingerprint density at radius 3 is 2.60 bits per heavy atom. The van der Waals surface area contributed by atoms with Crippen molar-refractivity contribution in [3.63, 3.8) is 0 Å². The second-order valence-corrected chi connectivity index (χ2v) is 9.06. The Hall–Kier alpha value is -3.85. The topological polar surface area (TPSA) is 72.7 Å². The molecule has 9 heteroatoms. The van der Waals surface area contributed by atoms with Gasteiger partial charge in [-0.15, -0.1) is 11.3 Å². The fraction of sp³-hybridized carbons (Fsp3) is 0.269. The van der Waals surface area contributed by atoms with Gasteiger partial charge in [-0.3, -0.25) is 4.79 Å². The van der Waals surface area contributed by atoms with E-state index in [1.807, 2.05) is 71.2 Å². The van der Waals surface area contributed by atoms with Crippen LogP contribution in [0.2, 0.25) is 0 Å². The van der Waals surface area contributed by atoms with Crippen LogP contribution in [-0.4, -0.2) is 66.0 Å². The average molecular weight is 490 g/mol. The molecule has 4 aromatic rings. The molecule has 0 bridgehead atoms. The lowest BCUT2D eigenvalue weighted by atomic mass is 10.1. The van der Waals surface area contributed by atoms with Gasteiger partial charge in [0.2, 0.25) is 0 Å². The Balaban J connectivity index is 1.52. The summed E-state index contributed by atoms with van der Waals surface area (Å²) in [5.74, 6) is 1.25. The number of nitrogens with zero attached hydrogens (tertiary/aromatic N) is 5. The Kier molecular flexibility index (Phi) is 6.67. The molecule has 0 unspecified atom stereocenters. The van der Waals surface area contributed by atoms with Gasteiger partial charge in [0.1, 0.15) is 17.2 Å². The van der Waals surface area contributed by atoms with Gasteiger partial charge in [0.15, 0.2) is 5.13 Å². The lowest BCUT2D eigenvalue weighted by Crippen LogP contribution is -2.35. The molecule has 0 saturated carbocycles. The highest BCUT2D eigenvalue weighted by atomic mass is 32.1. The molecule has 0 atom stereocenters. The van der Waals surface area contributed by atoms with E-state index < -0.39 is 0 Å². The third-order valence-corrected chi connectivity index (χ3v) is 6.93. The zero-order valence-electron chi connectivity index (χ0n) is 19.8. The minimum atomic E-state index is -0.0481. The van der Waals surface area contributed by atoms with E-state index >= 15 is 0 Å². The number of ether oxygens (including phenoxy) is 2. The van der Waals surface area contributed by atoms with Crippen LogP contribution in [0.3, 0.4) is 0 Å². The molecule has 0 spiro atoms. The van der Waals surface area contributed by atoms with Crippen LogP contribution in [0.1, 0.15) is 16.8 Å². The molecule has 1 aliphatic heterocycles. The van der Waals surface area contributed by atoms with Gasteiger partial charge in [-0.1, -0.05) is 18.2 Å². The van der Waals surface area contributed by atoms with E-state index in [1.54, 1.807) is 30.2 Å². The maximum Gasteiger partial charge on any atom is 0.257 e. The van der Waals surface area contributed by atoms with Gasteiger partial charge in [0, 0.05) is 49.5 Å².